The van der Waals surface area contributed by atoms with Crippen LogP contribution in [-0.2, 0) is 68.5 Å². The van der Waals surface area contributed by atoms with Crippen LogP contribution in [0.4, 0.5) is 4.39 Å². The number of likely N-dealkylation sites (N-methyl/N-ethyl adjacent to an activating group) is 1. The number of aryl methyl sites for hydroxylation is 1. The Morgan fingerprint density at radius 3 is 1.91 bits per heavy atom. The van der Waals surface area contributed by atoms with E-state index in [0.29, 0.717) is 24.3 Å². The minimum atomic E-state index is -2.35. The molecule has 0 saturated carbocycles. The number of nitrogens with one attached hydrogen (secondary N) is 5. The largest absolute Gasteiger partial charge is 0.508 e. The lowest BCUT2D eigenvalue weighted by Gasteiger charge is -2.46. The average molecular weight is 1820 g/mol. The van der Waals surface area contributed by atoms with E-state index in [9.17, 15) is 80.1 Å². The average Bonchev–Trinajstić information content (AvgIpc) is 0.741. The van der Waals surface area contributed by atoms with Gasteiger partial charge >= 0.3 is 5.97 Å². The number of phenolic OH excluding ortho intramolecular Hbond substituents is 3. The Balaban J connectivity index is 0.0000149. The third kappa shape index (κ3) is 21.4. The number of ether oxygens (including phenoxy) is 9. The minimum absolute atomic E-state index is 0. The van der Waals surface area contributed by atoms with E-state index in [1.807, 2.05) is 13.8 Å². The summed E-state index contributed by atoms with van der Waals surface area (Å²) in [6.45, 7) is 5.47. The number of benzene rings is 7. The fraction of sp³-hybridized carbons (Fsp3) is 0.438. The number of hydrogen-bond donors (Lipinski definition) is 19. The van der Waals surface area contributed by atoms with E-state index in [0.717, 1.165) is 60.2 Å². The Hall–Kier alpha value is -10.8. The van der Waals surface area contributed by atoms with Gasteiger partial charge in [0.15, 0.2) is 41.7 Å². The zero-order valence-electron chi connectivity index (χ0n) is 68.9. The number of carbonyl (C=O) groups is 8. The summed E-state index contributed by atoms with van der Waals surface area (Å²) in [5, 5.41) is 152. The van der Waals surface area contributed by atoms with Crippen LogP contribution in [0.5, 0.6) is 57.5 Å². The highest BCUT2D eigenvalue weighted by Gasteiger charge is 2.53. The number of hydrogen-bond acceptors (Lipinski definition) is 30. The number of Topliss-reactive ketones (excluding diaryl/α,β-unsaturated/α-hetero) is 2. The van der Waals surface area contributed by atoms with Crippen molar-refractivity contribution in [3.05, 3.63) is 177 Å². The molecule has 2 unspecified atom stereocenters. The molecule has 3 fully saturated rings. The lowest BCUT2D eigenvalue weighted by atomic mass is 9.84. The van der Waals surface area contributed by atoms with Crippen molar-refractivity contribution >= 4 is 70.3 Å². The van der Waals surface area contributed by atoms with Crippen molar-refractivity contribution in [2.24, 2.45) is 23.3 Å². The van der Waals surface area contributed by atoms with Gasteiger partial charge in [-0.25, -0.2) is 9.18 Å². The van der Waals surface area contributed by atoms with E-state index in [-0.39, 0.29) is 60.1 Å². The van der Waals surface area contributed by atoms with Gasteiger partial charge in [0.1, 0.15) is 119 Å². The van der Waals surface area contributed by atoms with Crippen molar-refractivity contribution < 1.29 is 147 Å². The number of rotatable bonds is 21. The van der Waals surface area contributed by atoms with Crippen molar-refractivity contribution in [1.29, 1.82) is 0 Å². The van der Waals surface area contributed by atoms with Gasteiger partial charge in [-0.3, -0.25) is 33.6 Å². The third-order valence-electron chi connectivity index (χ3n) is 23.2. The zero-order valence-corrected chi connectivity index (χ0v) is 70.4. The quantitative estimate of drug-likeness (QED) is 0.0422. The number of fused-ring (bicyclic) bond motifs is 15. The first kappa shape index (κ1) is 96.3. The van der Waals surface area contributed by atoms with Crippen LogP contribution < -0.4 is 57.0 Å². The molecular formula is C89H102Cl2FN7O29. The van der Waals surface area contributed by atoms with Gasteiger partial charge in [0, 0.05) is 54.0 Å². The highest BCUT2D eigenvalue weighted by Crippen LogP contribution is 2.51. The molecule has 36 nitrogen and oxygen atoms in total. The first-order chi connectivity index (χ1) is 60.3. The SMILES string of the molecule is C.CN[C@H](CC(C)C)C(=O)NC1C(=O)C[C@@H](CC(N)=O)C(=O)N[C@H]2C(=O)C[C@H]3C(=O)N[C@H](C(=O)N[C@@H](C(=O)O)c4cc(O)cc(O)c4-c4cc3ccc4O)[C@H](OC3C[C@](C)(N)[C@@H](O)[C@H](C)O3)c3ccc(c(Cl)c3)Oc3cc2cc(c3O[C@@H]2O[C@H](CO)[C@@H](O[C@@H]3O[C@H](CCCc4ccc(Oc5ccc(F)cc5)cc4)[C@H](O)[C@H](O)[C@H]3O)[C@H](O)[C@H]2O)Oc2ccc(cc2Cl)[C@H]1O. The standard InChI is InChI=1S/C88H98Cl2FN7O29.CH4/c1-36(2)23-53(94-5)83(115)97-69-56(103)27-43(30-64(92)105)81(113)95-67-42-28-61(121-58-21-12-40(71(69)106)25-51(58)89)78(126-87-76(111)74(109)79(63(35-99)124-87)127-86-75(110)73(108)72(107)60(123-86)8-6-7-38-9-16-46(17-10-38)120-47-18-14-44(91)15-19-47)62(29-42)122-59-22-13-41(26-52(59)90)77(125-65-34-88(4,93)80(112)37(3)119-65)70-84(116)96-68(85(117)118)50-31-45(100)32-55(102)66(50)49-24-39(11-20-54(49)101)48(33-57(67)104)82(114)98-70;/h9-22,24-26,28-29,31-32,36-37,43,48,53,60,63,65,67-77,79-80,86-87,94,99-102,106-112H,6-8,23,27,30,33-35,93H2,1-5H3,(H2,92,105)(H,95,113)(H,96,116)(H,97,115)(H,98,114)(H,117,118);1H4/t37-,43-,48+,53+,60+,63+,65?,67+,68+,69?,70-,71+,72-,73-,74+,75+,76+,77+,79+,80-,86-,87-,88-;/m0./s1. The van der Waals surface area contributed by atoms with Gasteiger partial charge in [-0.1, -0.05) is 74.8 Å². The summed E-state index contributed by atoms with van der Waals surface area (Å²) >= 11 is 14.5. The molecule has 688 valence electrons. The molecule has 0 radical (unpaired) electrons. The summed E-state index contributed by atoms with van der Waals surface area (Å²) in [4.78, 5) is 121. The Morgan fingerprint density at radius 1 is 0.672 bits per heavy atom. The van der Waals surface area contributed by atoms with Crippen molar-refractivity contribution in [3.63, 3.8) is 0 Å². The van der Waals surface area contributed by atoms with Crippen molar-refractivity contribution in [1.82, 2.24) is 26.6 Å². The number of carbonyl (C=O) groups excluding carboxylic acids is 7. The second-order valence-electron chi connectivity index (χ2n) is 33.0. The number of amides is 5. The summed E-state index contributed by atoms with van der Waals surface area (Å²) in [5.41, 5.74) is 9.25. The number of phenols is 3. The van der Waals surface area contributed by atoms with Gasteiger partial charge in [-0.2, -0.15) is 0 Å². The number of aliphatic carboxylic acids is 1. The second-order valence-corrected chi connectivity index (χ2v) is 33.8. The van der Waals surface area contributed by atoms with Crippen LogP contribution in [0.2, 0.25) is 10.0 Å². The Labute approximate surface area is 742 Å². The molecule has 8 aliphatic heterocycles. The number of aliphatic hydroxyl groups is 8. The summed E-state index contributed by atoms with van der Waals surface area (Å²) < 4.78 is 70.8. The molecule has 11 bridgehead atoms. The van der Waals surface area contributed by atoms with Gasteiger partial charge in [-0.15, -0.1) is 0 Å². The van der Waals surface area contributed by atoms with Crippen molar-refractivity contribution in [3.8, 4) is 68.6 Å². The van der Waals surface area contributed by atoms with E-state index >= 15 is 24.0 Å². The summed E-state index contributed by atoms with van der Waals surface area (Å²) in [6.07, 6.45) is -30.1. The lowest BCUT2D eigenvalue weighted by molar-refractivity contribution is -0.351. The number of aromatic hydroxyl groups is 3. The normalized spacial score (nSPS) is 29.3. The predicted molar refractivity (Wildman–Crippen MR) is 450 cm³/mol. The molecule has 0 spiro atoms. The van der Waals surface area contributed by atoms with Gasteiger partial charge < -0.3 is 142 Å². The fourth-order valence-corrected chi connectivity index (χ4v) is 16.9. The molecule has 5 amide bonds. The molecule has 0 aliphatic carbocycles. The van der Waals surface area contributed by atoms with Crippen LogP contribution in [-0.4, -0.2) is 226 Å². The van der Waals surface area contributed by atoms with Gasteiger partial charge in [0.05, 0.1) is 52.8 Å². The van der Waals surface area contributed by atoms with Crippen LogP contribution in [0, 0.1) is 17.7 Å². The number of aliphatic hydroxyl groups excluding tert-OH is 8. The highest BCUT2D eigenvalue weighted by molar-refractivity contribution is 6.32. The fourth-order valence-electron chi connectivity index (χ4n) is 16.5. The van der Waals surface area contributed by atoms with Crippen molar-refractivity contribution in [2.75, 3.05) is 13.7 Å². The van der Waals surface area contributed by atoms with E-state index in [1.165, 1.54) is 69.4 Å². The maximum Gasteiger partial charge on any atom is 0.330 e. The topological polar surface area (TPSA) is 575 Å². The number of carboxylic acids is 1. The Kier molecular flexibility index (Phi) is 30.5. The van der Waals surface area contributed by atoms with Crippen LogP contribution in [0.25, 0.3) is 11.1 Å². The number of primary amides is 1. The number of carboxylic acid groups (broad SMARTS) is 1. The molecule has 21 N–H and O–H groups in total. The first-order valence-corrected chi connectivity index (χ1v) is 41.6. The maximum atomic E-state index is 16.6. The molecule has 23 atom stereocenters. The molecule has 8 heterocycles. The van der Waals surface area contributed by atoms with Crippen LogP contribution >= 0.6 is 23.2 Å². The van der Waals surface area contributed by atoms with Crippen LogP contribution in [0.1, 0.15) is 144 Å². The monoisotopic (exact) mass is 1820 g/mol. The second kappa shape index (κ2) is 40.5. The van der Waals surface area contributed by atoms with Gasteiger partial charge in [0.25, 0.3) is 0 Å². The van der Waals surface area contributed by atoms with Gasteiger partial charge in [0.2, 0.25) is 41.6 Å². The molecular weight excluding hydrogens is 1720 g/mol. The molecule has 15 rings (SSSR count). The minimum Gasteiger partial charge on any atom is -0.508 e. The number of ketones is 2. The third-order valence-corrected chi connectivity index (χ3v) is 23.8. The molecule has 128 heavy (non-hydrogen) atoms. The molecule has 39 heteroatoms. The predicted octanol–water partition coefficient (Wildman–Crippen LogP) is 5.50. The molecule has 7 aromatic rings. The Morgan fingerprint density at radius 2 is 1.30 bits per heavy atom. The summed E-state index contributed by atoms with van der Waals surface area (Å²) in [6, 6.07) is 16.7. The summed E-state index contributed by atoms with van der Waals surface area (Å²) in [5.74, 6) is -19.0. The zero-order chi connectivity index (χ0) is 91.6. The van der Waals surface area contributed by atoms with E-state index in [2.05, 4.69) is 26.6 Å². The van der Waals surface area contributed by atoms with E-state index in [1.54, 1.807) is 24.3 Å². The molecule has 7 aromatic carbocycles. The highest BCUT2D eigenvalue weighted by atomic mass is 35.5. The number of halogens is 3. The smallest absolute Gasteiger partial charge is 0.330 e. The molecule has 8 aliphatic rings. The maximum absolute atomic E-state index is 16.6. The molecule has 0 aromatic heterocycles. The van der Waals surface area contributed by atoms with Crippen LogP contribution in [0.3, 0.4) is 0 Å². The van der Waals surface area contributed by atoms with E-state index < -0.39 is 286 Å². The Bertz CT molecular complexity index is 5270. The number of nitrogens with two attached hydrogens (primary N) is 2. The van der Waals surface area contributed by atoms with Gasteiger partial charge in [-0.05, 0) is 171 Å². The lowest BCUT2D eigenvalue weighted by Crippen LogP contribution is -2.64. The molecule has 3 saturated heterocycles. The summed E-state index contributed by atoms with van der Waals surface area (Å²) in [7, 11) is 1.48. The van der Waals surface area contributed by atoms with E-state index in [4.69, 9.17) is 77.3 Å². The van der Waals surface area contributed by atoms with Crippen molar-refractivity contribution in [2.45, 2.75) is 220 Å². The van der Waals surface area contributed by atoms with Crippen LogP contribution in [0.15, 0.2) is 127 Å². The first-order valence-electron chi connectivity index (χ1n) is 40.9.